The topological polar surface area (TPSA) is 73.6 Å². The van der Waals surface area contributed by atoms with Gasteiger partial charge in [-0.25, -0.2) is 4.99 Å². The molecule has 1 aliphatic rings. The van der Waals surface area contributed by atoms with Crippen molar-refractivity contribution in [2.45, 2.75) is 13.0 Å². The lowest BCUT2D eigenvalue weighted by molar-refractivity contribution is -0.127. The highest BCUT2D eigenvalue weighted by atomic mass is 16.5. The number of morpholine rings is 1. The summed E-state index contributed by atoms with van der Waals surface area (Å²) in [4.78, 5) is 22.3. The summed E-state index contributed by atoms with van der Waals surface area (Å²) in [6.07, 6.45) is 2.67. The Bertz CT molecular complexity index is 553. The van der Waals surface area contributed by atoms with Crippen LogP contribution < -0.4 is 5.32 Å². The molecule has 8 heteroatoms. The first-order chi connectivity index (χ1) is 12.6. The number of furan rings is 1. The van der Waals surface area contributed by atoms with E-state index in [0.717, 1.165) is 51.6 Å². The number of nitrogens with zero attached hydrogens (tertiary/aromatic N) is 4. The minimum Gasteiger partial charge on any atom is -0.467 e. The number of amides is 1. The molecule has 2 rings (SSSR count). The van der Waals surface area contributed by atoms with Crippen LogP contribution in [0.15, 0.2) is 27.8 Å². The number of carbonyl (C=O) groups is 1. The van der Waals surface area contributed by atoms with E-state index in [2.05, 4.69) is 15.2 Å². The molecule has 8 nitrogen and oxygen atoms in total. The third-order valence-electron chi connectivity index (χ3n) is 4.24. The number of aliphatic imine (C=N–C) groups is 1. The molecule has 1 saturated heterocycles. The zero-order valence-corrected chi connectivity index (χ0v) is 16.1. The van der Waals surface area contributed by atoms with Gasteiger partial charge in [0.2, 0.25) is 5.91 Å². The second kappa shape index (κ2) is 10.8. The van der Waals surface area contributed by atoms with Crippen molar-refractivity contribution < 1.29 is 13.9 Å². The van der Waals surface area contributed by atoms with Crippen LogP contribution in [-0.4, -0.2) is 93.6 Å². The quantitative estimate of drug-likeness (QED) is 0.410. The number of ether oxygens (including phenoxy) is 1. The van der Waals surface area contributed by atoms with E-state index in [-0.39, 0.29) is 12.5 Å². The van der Waals surface area contributed by atoms with E-state index in [9.17, 15) is 4.79 Å². The fourth-order valence-corrected chi connectivity index (χ4v) is 2.63. The summed E-state index contributed by atoms with van der Waals surface area (Å²) in [5.41, 5.74) is 0. The first-order valence-electron chi connectivity index (χ1n) is 9.08. The van der Waals surface area contributed by atoms with Gasteiger partial charge in [0, 0.05) is 40.8 Å². The molecular formula is C18H31N5O3. The number of hydrogen-bond acceptors (Lipinski definition) is 5. The van der Waals surface area contributed by atoms with E-state index >= 15 is 0 Å². The third kappa shape index (κ3) is 7.05. The monoisotopic (exact) mass is 365 g/mol. The van der Waals surface area contributed by atoms with Crippen LogP contribution in [0, 0.1) is 0 Å². The molecule has 0 atom stereocenters. The SMILES string of the molecule is CN(C)C(=O)CN=C(NCCCN1CCOCC1)N(C)Cc1ccco1. The smallest absolute Gasteiger partial charge is 0.243 e. The van der Waals surface area contributed by atoms with Gasteiger partial charge in [0.1, 0.15) is 12.3 Å². The molecule has 1 N–H and O–H groups in total. The Hall–Kier alpha value is -2.06. The zero-order valence-electron chi connectivity index (χ0n) is 16.1. The lowest BCUT2D eigenvalue weighted by atomic mass is 10.3. The van der Waals surface area contributed by atoms with Gasteiger partial charge >= 0.3 is 0 Å². The third-order valence-corrected chi connectivity index (χ3v) is 4.24. The van der Waals surface area contributed by atoms with Crippen LogP contribution >= 0.6 is 0 Å². The largest absolute Gasteiger partial charge is 0.467 e. The van der Waals surface area contributed by atoms with Gasteiger partial charge in [-0.2, -0.15) is 0 Å². The van der Waals surface area contributed by atoms with E-state index < -0.39 is 0 Å². The Kier molecular flexibility index (Phi) is 8.43. The van der Waals surface area contributed by atoms with Crippen LogP contribution in [0.25, 0.3) is 0 Å². The van der Waals surface area contributed by atoms with E-state index in [4.69, 9.17) is 9.15 Å². The lowest BCUT2D eigenvalue weighted by Gasteiger charge is -2.27. The molecule has 1 aromatic heterocycles. The van der Waals surface area contributed by atoms with Crippen LogP contribution in [0.1, 0.15) is 12.2 Å². The molecule has 1 aliphatic heterocycles. The predicted octanol–water partition coefficient (Wildman–Crippen LogP) is 0.468. The number of likely N-dealkylation sites (N-methyl/N-ethyl adjacent to an activating group) is 1. The summed E-state index contributed by atoms with van der Waals surface area (Å²) < 4.78 is 10.8. The van der Waals surface area contributed by atoms with Crippen molar-refractivity contribution in [2.75, 3.05) is 67.1 Å². The summed E-state index contributed by atoms with van der Waals surface area (Å²) in [5, 5.41) is 3.37. The molecule has 0 unspecified atom stereocenters. The zero-order chi connectivity index (χ0) is 18.8. The average molecular weight is 365 g/mol. The first-order valence-corrected chi connectivity index (χ1v) is 9.08. The van der Waals surface area contributed by atoms with Gasteiger partial charge in [0.15, 0.2) is 5.96 Å². The Labute approximate surface area is 155 Å². The molecular weight excluding hydrogens is 334 g/mol. The number of nitrogens with one attached hydrogen (secondary N) is 1. The maximum absolute atomic E-state index is 11.9. The Morgan fingerprint density at radius 2 is 2.08 bits per heavy atom. The van der Waals surface area contributed by atoms with Crippen molar-refractivity contribution in [1.29, 1.82) is 0 Å². The number of hydrogen-bond donors (Lipinski definition) is 1. The molecule has 1 amide bonds. The Morgan fingerprint density at radius 1 is 1.31 bits per heavy atom. The summed E-state index contributed by atoms with van der Waals surface area (Å²) in [6, 6.07) is 3.79. The van der Waals surface area contributed by atoms with Crippen molar-refractivity contribution in [1.82, 2.24) is 20.0 Å². The maximum Gasteiger partial charge on any atom is 0.243 e. The van der Waals surface area contributed by atoms with Gasteiger partial charge < -0.3 is 24.3 Å². The van der Waals surface area contributed by atoms with Gasteiger partial charge in [-0.3, -0.25) is 9.69 Å². The highest BCUT2D eigenvalue weighted by molar-refractivity contribution is 5.84. The van der Waals surface area contributed by atoms with Crippen LogP contribution in [-0.2, 0) is 16.1 Å². The number of carbonyl (C=O) groups excluding carboxylic acids is 1. The van der Waals surface area contributed by atoms with Crippen LogP contribution in [0.5, 0.6) is 0 Å². The summed E-state index contributed by atoms with van der Waals surface area (Å²) in [6.45, 7) is 6.18. The van der Waals surface area contributed by atoms with Crippen LogP contribution in [0.2, 0.25) is 0 Å². The second-order valence-electron chi connectivity index (χ2n) is 6.60. The maximum atomic E-state index is 11.9. The lowest BCUT2D eigenvalue weighted by Crippen LogP contribution is -2.41. The van der Waals surface area contributed by atoms with Gasteiger partial charge in [-0.15, -0.1) is 0 Å². The number of guanidine groups is 1. The van der Waals surface area contributed by atoms with Gasteiger partial charge in [-0.05, 0) is 25.1 Å². The molecule has 0 aliphatic carbocycles. The van der Waals surface area contributed by atoms with Crippen molar-refractivity contribution in [3.8, 4) is 0 Å². The minimum atomic E-state index is -0.0241. The second-order valence-corrected chi connectivity index (χ2v) is 6.60. The van der Waals surface area contributed by atoms with Gasteiger partial charge in [0.25, 0.3) is 0 Å². The first kappa shape index (κ1) is 20.3. The summed E-state index contributed by atoms with van der Waals surface area (Å²) in [7, 11) is 5.41. The van der Waals surface area contributed by atoms with Crippen LogP contribution in [0.3, 0.4) is 0 Å². The predicted molar refractivity (Wildman–Crippen MR) is 101 cm³/mol. The van der Waals surface area contributed by atoms with Crippen molar-refractivity contribution in [2.24, 2.45) is 4.99 Å². The molecule has 2 heterocycles. The molecule has 1 aromatic rings. The highest BCUT2D eigenvalue weighted by Gasteiger charge is 2.12. The minimum absolute atomic E-state index is 0.0241. The fourth-order valence-electron chi connectivity index (χ4n) is 2.63. The molecule has 0 bridgehead atoms. The van der Waals surface area contributed by atoms with Crippen molar-refractivity contribution in [3.63, 3.8) is 0 Å². The van der Waals surface area contributed by atoms with Crippen molar-refractivity contribution in [3.05, 3.63) is 24.2 Å². The molecule has 146 valence electrons. The Balaban J connectivity index is 1.84. The van der Waals surface area contributed by atoms with Crippen molar-refractivity contribution >= 4 is 11.9 Å². The van der Waals surface area contributed by atoms with Crippen LogP contribution in [0.4, 0.5) is 0 Å². The van der Waals surface area contributed by atoms with Gasteiger partial charge in [-0.1, -0.05) is 0 Å². The molecule has 0 aromatic carbocycles. The molecule has 1 fully saturated rings. The van der Waals surface area contributed by atoms with E-state index in [0.29, 0.717) is 12.5 Å². The number of rotatable bonds is 8. The van der Waals surface area contributed by atoms with E-state index in [1.165, 1.54) is 0 Å². The standard InChI is InChI=1S/C18H31N5O3/c1-21(2)17(24)14-20-18(22(3)15-16-6-4-11-26-16)19-7-5-8-23-9-12-25-13-10-23/h4,6,11H,5,7-10,12-15H2,1-3H3,(H,19,20). The molecule has 0 radical (unpaired) electrons. The highest BCUT2D eigenvalue weighted by Crippen LogP contribution is 2.04. The Morgan fingerprint density at radius 3 is 2.73 bits per heavy atom. The molecule has 0 spiro atoms. The van der Waals surface area contributed by atoms with E-state index in [1.54, 1.807) is 25.3 Å². The fraction of sp³-hybridized carbons (Fsp3) is 0.667. The summed E-state index contributed by atoms with van der Waals surface area (Å²) >= 11 is 0. The normalized spacial score (nSPS) is 15.7. The average Bonchev–Trinajstić information content (AvgIpc) is 3.14. The van der Waals surface area contributed by atoms with Gasteiger partial charge in [0.05, 0.1) is 26.0 Å². The molecule has 0 saturated carbocycles. The summed E-state index contributed by atoms with van der Waals surface area (Å²) in [5.74, 6) is 1.54. The van der Waals surface area contributed by atoms with E-state index in [1.807, 2.05) is 24.1 Å². The molecule has 26 heavy (non-hydrogen) atoms.